The monoisotopic (exact) mass is 365 g/mol. The summed E-state index contributed by atoms with van der Waals surface area (Å²) >= 11 is 12.3. The third kappa shape index (κ3) is 3.42. The van der Waals surface area contributed by atoms with Gasteiger partial charge in [-0.05, 0) is 31.2 Å². The lowest BCUT2D eigenvalue weighted by molar-refractivity contribution is 0.0674. The van der Waals surface area contributed by atoms with Crippen molar-refractivity contribution in [2.45, 2.75) is 13.0 Å². The van der Waals surface area contributed by atoms with Crippen LogP contribution < -0.4 is 10.5 Å². The third-order valence-corrected chi connectivity index (χ3v) is 4.71. The second kappa shape index (κ2) is 6.87. The Bertz CT molecular complexity index is 821. The number of rotatable bonds is 2. The van der Waals surface area contributed by atoms with E-state index >= 15 is 0 Å². The van der Waals surface area contributed by atoms with Crippen molar-refractivity contribution in [3.8, 4) is 0 Å². The summed E-state index contributed by atoms with van der Waals surface area (Å²) < 4.78 is 0. The molecule has 1 aliphatic heterocycles. The summed E-state index contributed by atoms with van der Waals surface area (Å²) in [4.78, 5) is 30.5. The van der Waals surface area contributed by atoms with Crippen LogP contribution in [0.2, 0.25) is 10.0 Å². The second-order valence-corrected chi connectivity index (χ2v) is 6.67. The summed E-state index contributed by atoms with van der Waals surface area (Å²) in [6.45, 7) is 3.83. The van der Waals surface area contributed by atoms with Gasteiger partial charge in [0.2, 0.25) is 5.56 Å². The number of halogens is 2. The highest BCUT2D eigenvalue weighted by atomic mass is 35.5. The zero-order valence-corrected chi connectivity index (χ0v) is 14.6. The molecule has 0 radical (unpaired) electrons. The standard InChI is InChI=1S/C17H17Cl2N3O2/c1-11-10-21(15-9-13(18)2-3-14(15)19)6-7-22(11)17(24)12-4-5-20-16(23)8-12/h2-5,8-9,11H,6-7,10H2,1H3,(H,20,23). The first kappa shape index (κ1) is 16.9. The fourth-order valence-corrected chi connectivity index (χ4v) is 3.35. The minimum atomic E-state index is -0.280. The first-order valence-electron chi connectivity index (χ1n) is 7.65. The van der Waals surface area contributed by atoms with Gasteiger partial charge in [0, 0.05) is 48.5 Å². The number of nitrogens with one attached hydrogen (secondary N) is 1. The highest BCUT2D eigenvalue weighted by Gasteiger charge is 2.29. The van der Waals surface area contributed by atoms with Crippen molar-refractivity contribution in [1.29, 1.82) is 0 Å². The maximum Gasteiger partial charge on any atom is 0.254 e. The van der Waals surface area contributed by atoms with Gasteiger partial charge in [0.25, 0.3) is 5.91 Å². The van der Waals surface area contributed by atoms with Crippen LogP contribution in [-0.4, -0.2) is 41.5 Å². The van der Waals surface area contributed by atoms with Crippen molar-refractivity contribution in [2.75, 3.05) is 24.5 Å². The number of hydrogen-bond acceptors (Lipinski definition) is 3. The number of nitrogens with zero attached hydrogens (tertiary/aromatic N) is 2. The number of anilines is 1. The summed E-state index contributed by atoms with van der Waals surface area (Å²) in [7, 11) is 0. The number of carbonyl (C=O) groups is 1. The fourth-order valence-electron chi connectivity index (χ4n) is 2.95. The van der Waals surface area contributed by atoms with Crippen LogP contribution in [0, 0.1) is 0 Å². The van der Waals surface area contributed by atoms with Gasteiger partial charge in [-0.2, -0.15) is 0 Å². The van der Waals surface area contributed by atoms with Gasteiger partial charge in [0.15, 0.2) is 0 Å². The molecule has 5 nitrogen and oxygen atoms in total. The van der Waals surface area contributed by atoms with Gasteiger partial charge in [-0.3, -0.25) is 9.59 Å². The highest BCUT2D eigenvalue weighted by molar-refractivity contribution is 6.35. The van der Waals surface area contributed by atoms with E-state index in [1.165, 1.54) is 12.3 Å². The summed E-state index contributed by atoms with van der Waals surface area (Å²) in [5, 5.41) is 1.27. The molecule has 1 aromatic carbocycles. The van der Waals surface area contributed by atoms with E-state index in [9.17, 15) is 9.59 Å². The van der Waals surface area contributed by atoms with Crippen LogP contribution in [0.25, 0.3) is 0 Å². The molecule has 1 saturated heterocycles. The summed E-state index contributed by atoms with van der Waals surface area (Å²) in [5.74, 6) is -0.134. The molecule has 7 heteroatoms. The smallest absolute Gasteiger partial charge is 0.254 e. The van der Waals surface area contributed by atoms with Gasteiger partial charge in [0.1, 0.15) is 0 Å². The Balaban J connectivity index is 1.77. The number of amides is 1. The maximum absolute atomic E-state index is 12.6. The van der Waals surface area contributed by atoms with Crippen LogP contribution in [0.5, 0.6) is 0 Å². The zero-order chi connectivity index (χ0) is 17.3. The number of hydrogen-bond donors (Lipinski definition) is 1. The summed E-state index contributed by atoms with van der Waals surface area (Å²) in [5.41, 5.74) is 0.997. The number of aromatic nitrogens is 1. The Morgan fingerprint density at radius 2 is 2.00 bits per heavy atom. The molecule has 0 bridgehead atoms. The van der Waals surface area contributed by atoms with Crippen LogP contribution in [-0.2, 0) is 0 Å². The van der Waals surface area contributed by atoms with Crippen molar-refractivity contribution in [1.82, 2.24) is 9.88 Å². The minimum Gasteiger partial charge on any atom is -0.366 e. The van der Waals surface area contributed by atoms with Crippen molar-refractivity contribution in [3.63, 3.8) is 0 Å². The normalized spacial score (nSPS) is 17.9. The SMILES string of the molecule is CC1CN(c2cc(Cl)ccc2Cl)CCN1C(=O)c1cc[nH]c(=O)c1. The Morgan fingerprint density at radius 3 is 2.71 bits per heavy atom. The molecule has 0 aliphatic carbocycles. The van der Waals surface area contributed by atoms with E-state index in [1.54, 1.807) is 23.1 Å². The predicted octanol–water partition coefficient (Wildman–Crippen LogP) is 3.03. The van der Waals surface area contributed by atoms with Crippen molar-refractivity contribution in [3.05, 3.63) is 62.5 Å². The summed E-state index contributed by atoms with van der Waals surface area (Å²) in [6.07, 6.45) is 1.49. The Morgan fingerprint density at radius 1 is 1.21 bits per heavy atom. The van der Waals surface area contributed by atoms with Crippen LogP contribution in [0.1, 0.15) is 17.3 Å². The molecule has 1 atom stereocenters. The van der Waals surface area contributed by atoms with Crippen LogP contribution >= 0.6 is 23.2 Å². The molecule has 1 N–H and O–H groups in total. The average molecular weight is 366 g/mol. The molecule has 3 rings (SSSR count). The average Bonchev–Trinajstić information content (AvgIpc) is 2.56. The van der Waals surface area contributed by atoms with Crippen LogP contribution in [0.3, 0.4) is 0 Å². The van der Waals surface area contributed by atoms with Crippen molar-refractivity contribution in [2.24, 2.45) is 0 Å². The van der Waals surface area contributed by atoms with E-state index in [1.807, 2.05) is 13.0 Å². The largest absolute Gasteiger partial charge is 0.366 e. The minimum absolute atomic E-state index is 0.0133. The number of aromatic amines is 1. The molecule has 24 heavy (non-hydrogen) atoms. The molecule has 0 spiro atoms. The van der Waals surface area contributed by atoms with Crippen LogP contribution in [0.15, 0.2) is 41.3 Å². The number of H-pyrrole nitrogens is 1. The maximum atomic E-state index is 12.6. The number of piperazine rings is 1. The molecule has 1 aromatic heterocycles. The molecular weight excluding hydrogens is 349 g/mol. The highest BCUT2D eigenvalue weighted by Crippen LogP contribution is 2.30. The van der Waals surface area contributed by atoms with E-state index in [0.29, 0.717) is 35.2 Å². The number of benzene rings is 1. The van der Waals surface area contributed by atoms with E-state index in [4.69, 9.17) is 23.2 Å². The molecular formula is C17H17Cl2N3O2. The third-order valence-electron chi connectivity index (χ3n) is 4.16. The Kier molecular flexibility index (Phi) is 4.83. The molecule has 1 amide bonds. The van der Waals surface area contributed by atoms with Gasteiger partial charge in [-0.15, -0.1) is 0 Å². The first-order chi connectivity index (χ1) is 11.5. The summed E-state index contributed by atoms with van der Waals surface area (Å²) in [6, 6.07) is 8.30. The molecule has 0 saturated carbocycles. The second-order valence-electron chi connectivity index (χ2n) is 5.83. The van der Waals surface area contributed by atoms with Gasteiger partial charge < -0.3 is 14.8 Å². The Labute approximate surface area is 149 Å². The van der Waals surface area contributed by atoms with Gasteiger partial charge >= 0.3 is 0 Å². The molecule has 2 aromatic rings. The lowest BCUT2D eigenvalue weighted by Crippen LogP contribution is -2.54. The molecule has 126 valence electrons. The lowest BCUT2D eigenvalue weighted by atomic mass is 10.1. The molecule has 1 aliphatic rings. The van der Waals surface area contributed by atoms with Crippen LogP contribution in [0.4, 0.5) is 5.69 Å². The van der Waals surface area contributed by atoms with Gasteiger partial charge in [0.05, 0.1) is 10.7 Å². The number of carbonyl (C=O) groups excluding carboxylic acids is 1. The lowest BCUT2D eigenvalue weighted by Gasteiger charge is -2.41. The fraction of sp³-hybridized carbons (Fsp3) is 0.294. The van der Waals surface area contributed by atoms with Crippen molar-refractivity contribution >= 4 is 34.8 Å². The number of pyridine rings is 1. The predicted molar refractivity (Wildman–Crippen MR) is 96.2 cm³/mol. The van der Waals surface area contributed by atoms with E-state index in [0.717, 1.165) is 5.69 Å². The Hall–Kier alpha value is -1.98. The topological polar surface area (TPSA) is 56.4 Å². The molecule has 1 unspecified atom stereocenters. The van der Waals surface area contributed by atoms with E-state index < -0.39 is 0 Å². The van der Waals surface area contributed by atoms with Gasteiger partial charge in [-0.1, -0.05) is 23.2 Å². The molecule has 2 heterocycles. The van der Waals surface area contributed by atoms with E-state index in [2.05, 4.69) is 9.88 Å². The zero-order valence-electron chi connectivity index (χ0n) is 13.1. The quantitative estimate of drug-likeness (QED) is 0.889. The van der Waals surface area contributed by atoms with Crippen molar-refractivity contribution < 1.29 is 4.79 Å². The first-order valence-corrected chi connectivity index (χ1v) is 8.41. The molecule has 1 fully saturated rings. The van der Waals surface area contributed by atoms with E-state index in [-0.39, 0.29) is 17.5 Å². The van der Waals surface area contributed by atoms with Gasteiger partial charge in [-0.25, -0.2) is 0 Å².